The van der Waals surface area contributed by atoms with Crippen LogP contribution >= 0.6 is 15.2 Å². The van der Waals surface area contributed by atoms with Crippen molar-refractivity contribution in [2.45, 2.75) is 5.40 Å². The maximum Gasteiger partial charge on any atom is 1.00 e. The molecule has 0 aliphatic heterocycles. The number of hydrogen-bond donors (Lipinski definition) is 2. The minimum atomic E-state index is -5.53. The molecule has 0 fully saturated rings. The zero-order valence-corrected chi connectivity index (χ0v) is 12.8. The van der Waals surface area contributed by atoms with E-state index in [9.17, 15) is 23.7 Å². The van der Waals surface area contributed by atoms with E-state index in [1.54, 1.807) is 0 Å². The average molecular weight is 248 g/mol. The summed E-state index contributed by atoms with van der Waals surface area (Å²) in [6.07, 6.45) is -0.568. The Bertz CT molecular complexity index is 219. The number of rotatable bonds is 3. The summed E-state index contributed by atoms with van der Waals surface area (Å²) >= 11 is 0. The summed E-state index contributed by atoms with van der Waals surface area (Å²) in [5, 5.41) is -2.75. The van der Waals surface area contributed by atoms with Crippen LogP contribution in [0.4, 0.5) is 0 Å². The molecule has 0 amide bonds. The molecule has 0 rings (SSSR count). The summed E-state index contributed by atoms with van der Waals surface area (Å²) < 4.78 is 20.1. The predicted octanol–water partition coefficient (Wildman–Crippen LogP) is -8.39. The molecule has 0 aromatic rings. The first kappa shape index (κ1) is 20.4. The van der Waals surface area contributed by atoms with E-state index in [-0.39, 0.29) is 59.1 Å². The Balaban J connectivity index is -0.000000500. The molecule has 0 aromatic carbocycles. The molecule has 0 heterocycles. The summed E-state index contributed by atoms with van der Waals surface area (Å²) in [4.78, 5) is 45.9. The standard InChI is InChI=1S/C2H6O7P2.2Na/c3-1-2(10(4,5)6)11(7,8)9;;/h1-2H,(H2,4,5,6)(H2,7,8,9);;/q;2*+1/p-2. The minimum Gasteiger partial charge on any atom is -0.810 e. The molecule has 0 aromatic heterocycles. The van der Waals surface area contributed by atoms with Crippen LogP contribution in [0, 0.1) is 0 Å². The molecular formula is C2H4Na2O7P2. The van der Waals surface area contributed by atoms with Gasteiger partial charge in [-0.05, 0) is 7.60 Å². The fraction of sp³-hybridized carbons (Fsp3) is 0.500. The Morgan fingerprint density at radius 1 is 1.15 bits per heavy atom. The molecule has 0 saturated heterocycles. The van der Waals surface area contributed by atoms with Crippen LogP contribution in [0.1, 0.15) is 0 Å². The summed E-state index contributed by atoms with van der Waals surface area (Å²) in [6, 6.07) is 0. The van der Waals surface area contributed by atoms with Crippen molar-refractivity contribution in [1.29, 1.82) is 0 Å². The van der Waals surface area contributed by atoms with E-state index in [2.05, 4.69) is 0 Å². The van der Waals surface area contributed by atoms with Gasteiger partial charge in [-0.25, -0.2) is 0 Å². The average Bonchev–Trinajstić information content (AvgIpc) is 1.56. The third-order valence-corrected chi connectivity index (χ3v) is 4.12. The van der Waals surface area contributed by atoms with Crippen molar-refractivity contribution in [3.63, 3.8) is 0 Å². The molecule has 11 heteroatoms. The molecule has 1 unspecified atom stereocenters. The fourth-order valence-electron chi connectivity index (χ4n) is 0.338. The fourth-order valence-corrected chi connectivity index (χ4v) is 2.12. The quantitative estimate of drug-likeness (QED) is 0.287. The Labute approximate surface area is 118 Å². The Kier molecular flexibility index (Phi) is 11.4. The van der Waals surface area contributed by atoms with Crippen LogP contribution in [0.25, 0.3) is 0 Å². The third kappa shape index (κ3) is 7.85. The van der Waals surface area contributed by atoms with Crippen molar-refractivity contribution in [2.24, 2.45) is 0 Å². The van der Waals surface area contributed by atoms with Crippen LogP contribution in [-0.4, -0.2) is 21.5 Å². The zero-order valence-electron chi connectivity index (χ0n) is 6.98. The van der Waals surface area contributed by atoms with Gasteiger partial charge in [-0.2, -0.15) is 0 Å². The maximum atomic E-state index is 10.1. The molecule has 0 bridgehead atoms. The number of carbonyl (C=O) groups is 1. The Hall–Kier alpha value is 1.97. The Morgan fingerprint density at radius 3 is 1.46 bits per heavy atom. The van der Waals surface area contributed by atoms with Crippen LogP contribution in [0.15, 0.2) is 0 Å². The van der Waals surface area contributed by atoms with E-state index in [1.807, 2.05) is 0 Å². The van der Waals surface area contributed by atoms with Crippen molar-refractivity contribution < 1.29 is 92.6 Å². The van der Waals surface area contributed by atoms with Crippen LogP contribution in [-0.2, 0) is 13.9 Å². The van der Waals surface area contributed by atoms with Gasteiger partial charge in [0.25, 0.3) is 0 Å². The predicted molar refractivity (Wildman–Crippen MR) is 29.5 cm³/mol. The second kappa shape index (κ2) is 7.28. The number of carbonyl (C=O) groups excluding carboxylic acids is 1. The van der Waals surface area contributed by atoms with Gasteiger partial charge >= 0.3 is 66.7 Å². The monoisotopic (exact) mass is 248 g/mol. The molecular weight excluding hydrogens is 244 g/mol. The molecule has 66 valence electrons. The number of hydrogen-bond acceptors (Lipinski definition) is 5. The largest absolute Gasteiger partial charge is 1.00 e. The van der Waals surface area contributed by atoms with Gasteiger partial charge in [-0.1, -0.05) is 0 Å². The van der Waals surface area contributed by atoms with E-state index in [0.29, 0.717) is 0 Å². The van der Waals surface area contributed by atoms with Gasteiger partial charge in [0.15, 0.2) is 0 Å². The van der Waals surface area contributed by atoms with Crippen LogP contribution in [0.5, 0.6) is 0 Å². The Morgan fingerprint density at radius 2 is 1.46 bits per heavy atom. The van der Waals surface area contributed by atoms with E-state index >= 15 is 0 Å². The maximum absolute atomic E-state index is 10.1. The van der Waals surface area contributed by atoms with Crippen LogP contribution < -0.4 is 68.9 Å². The molecule has 0 aliphatic carbocycles. The first-order chi connectivity index (χ1) is 4.69. The van der Waals surface area contributed by atoms with Gasteiger partial charge in [0, 0.05) is 0 Å². The first-order valence-corrected chi connectivity index (χ1v) is 5.51. The zero-order chi connectivity index (χ0) is 9.28. The second-order valence-corrected chi connectivity index (χ2v) is 5.46. The number of aldehydes is 1. The second-order valence-electron chi connectivity index (χ2n) is 1.68. The van der Waals surface area contributed by atoms with Gasteiger partial charge in [-0.15, -0.1) is 0 Å². The minimum absolute atomic E-state index is 0. The van der Waals surface area contributed by atoms with Gasteiger partial charge in [0.1, 0.15) is 11.7 Å². The van der Waals surface area contributed by atoms with E-state index < -0.39 is 26.9 Å². The van der Waals surface area contributed by atoms with Gasteiger partial charge < -0.3 is 28.9 Å². The SMILES string of the molecule is O=CC(P(=O)([O-])[O-])P(=O)(O)O.[Na+].[Na+]. The molecule has 1 atom stereocenters. The van der Waals surface area contributed by atoms with Crippen molar-refractivity contribution in [3.8, 4) is 0 Å². The van der Waals surface area contributed by atoms with Gasteiger partial charge in [0.05, 0.1) is 0 Å². The van der Waals surface area contributed by atoms with Gasteiger partial charge in [-0.3, -0.25) is 4.57 Å². The summed E-state index contributed by atoms with van der Waals surface area (Å²) in [6.45, 7) is 0. The van der Waals surface area contributed by atoms with E-state index in [0.717, 1.165) is 0 Å². The van der Waals surface area contributed by atoms with Crippen LogP contribution in [0.3, 0.4) is 0 Å². The molecule has 13 heavy (non-hydrogen) atoms. The summed E-state index contributed by atoms with van der Waals surface area (Å²) in [5.74, 6) is 0. The van der Waals surface area contributed by atoms with Gasteiger partial charge in [0.2, 0.25) is 0 Å². The summed E-state index contributed by atoms with van der Waals surface area (Å²) in [5.41, 5.74) is 0. The normalized spacial score (nSPS) is 13.5. The van der Waals surface area contributed by atoms with Crippen molar-refractivity contribution >= 4 is 21.5 Å². The molecule has 0 spiro atoms. The topological polar surface area (TPSA) is 138 Å². The van der Waals surface area contributed by atoms with E-state index in [1.165, 1.54) is 0 Å². The van der Waals surface area contributed by atoms with E-state index in [4.69, 9.17) is 9.79 Å². The first-order valence-electron chi connectivity index (χ1n) is 2.22. The van der Waals surface area contributed by atoms with Crippen LogP contribution in [0.2, 0.25) is 0 Å². The third-order valence-electron chi connectivity index (χ3n) is 0.790. The molecule has 2 N–H and O–H groups in total. The molecule has 7 nitrogen and oxygen atoms in total. The molecule has 0 radical (unpaired) electrons. The van der Waals surface area contributed by atoms with Crippen molar-refractivity contribution in [3.05, 3.63) is 0 Å². The molecule has 0 saturated carbocycles. The molecule has 0 aliphatic rings. The van der Waals surface area contributed by atoms with Crippen molar-refractivity contribution in [2.75, 3.05) is 0 Å². The van der Waals surface area contributed by atoms with Crippen molar-refractivity contribution in [1.82, 2.24) is 0 Å². The summed E-state index contributed by atoms with van der Waals surface area (Å²) in [7, 11) is -10.7. The smallest absolute Gasteiger partial charge is 0.810 e.